The second-order valence-corrected chi connectivity index (χ2v) is 6.85. The number of ether oxygens (including phenoxy) is 1. The summed E-state index contributed by atoms with van der Waals surface area (Å²) in [5.41, 5.74) is 1.05. The zero-order valence-electron chi connectivity index (χ0n) is 15.6. The standard InChI is InChI=1S/C23H16N2O4S/c26-17-10-6-15(7-11-17)14-20-21(27)24-23(30)25(22(20)28)16-8-12-19(13-9-16)29-18-4-2-1-3-5-18/h1-14,26H,(H,24,27,30)/b20-14+. The van der Waals surface area contributed by atoms with Crippen LogP contribution in [0.4, 0.5) is 5.69 Å². The highest BCUT2D eigenvalue weighted by molar-refractivity contribution is 7.80. The summed E-state index contributed by atoms with van der Waals surface area (Å²) in [7, 11) is 0. The summed E-state index contributed by atoms with van der Waals surface area (Å²) in [5, 5.41) is 12.0. The Morgan fingerprint density at radius 3 is 2.17 bits per heavy atom. The number of nitrogens with one attached hydrogen (secondary N) is 1. The third-order valence-electron chi connectivity index (χ3n) is 4.38. The third-order valence-corrected chi connectivity index (χ3v) is 4.66. The van der Waals surface area contributed by atoms with Crippen molar-refractivity contribution in [3.63, 3.8) is 0 Å². The lowest BCUT2D eigenvalue weighted by molar-refractivity contribution is -0.122. The zero-order valence-corrected chi connectivity index (χ0v) is 16.4. The van der Waals surface area contributed by atoms with Crippen molar-refractivity contribution in [2.75, 3.05) is 4.90 Å². The Kier molecular flexibility index (Phi) is 5.28. The number of para-hydroxylation sites is 1. The van der Waals surface area contributed by atoms with Crippen LogP contribution in [-0.4, -0.2) is 22.0 Å². The summed E-state index contributed by atoms with van der Waals surface area (Å²) in [6.45, 7) is 0. The van der Waals surface area contributed by atoms with Crippen LogP contribution in [0.2, 0.25) is 0 Å². The number of carbonyl (C=O) groups excluding carboxylic acids is 2. The minimum Gasteiger partial charge on any atom is -0.508 e. The molecule has 1 aliphatic heterocycles. The molecule has 1 heterocycles. The van der Waals surface area contributed by atoms with Gasteiger partial charge in [0.1, 0.15) is 22.8 Å². The van der Waals surface area contributed by atoms with Gasteiger partial charge in [0.2, 0.25) is 0 Å². The summed E-state index contributed by atoms with van der Waals surface area (Å²) in [6, 6.07) is 22.3. The molecule has 148 valence electrons. The number of thiocarbonyl (C=S) groups is 1. The number of phenols is 1. The smallest absolute Gasteiger partial charge is 0.270 e. The van der Waals surface area contributed by atoms with Gasteiger partial charge in [-0.25, -0.2) is 0 Å². The number of amides is 2. The number of hydrogen-bond acceptors (Lipinski definition) is 5. The second-order valence-electron chi connectivity index (χ2n) is 6.46. The van der Waals surface area contributed by atoms with E-state index in [9.17, 15) is 14.7 Å². The van der Waals surface area contributed by atoms with Crippen molar-refractivity contribution in [1.29, 1.82) is 0 Å². The molecule has 6 nitrogen and oxygen atoms in total. The summed E-state index contributed by atoms with van der Waals surface area (Å²) >= 11 is 5.22. The van der Waals surface area contributed by atoms with Gasteiger partial charge in [-0.2, -0.15) is 0 Å². The van der Waals surface area contributed by atoms with Gasteiger partial charge in [0, 0.05) is 0 Å². The monoisotopic (exact) mass is 416 g/mol. The fraction of sp³-hybridized carbons (Fsp3) is 0. The molecule has 0 bridgehead atoms. The maximum atomic E-state index is 13.0. The van der Waals surface area contributed by atoms with Crippen LogP contribution in [0.15, 0.2) is 84.4 Å². The van der Waals surface area contributed by atoms with E-state index in [0.29, 0.717) is 22.7 Å². The van der Waals surface area contributed by atoms with Crippen LogP contribution in [0, 0.1) is 0 Å². The third kappa shape index (κ3) is 4.06. The number of aromatic hydroxyl groups is 1. The molecule has 0 saturated carbocycles. The molecular weight excluding hydrogens is 400 g/mol. The predicted molar refractivity (Wildman–Crippen MR) is 117 cm³/mol. The average molecular weight is 416 g/mol. The van der Waals surface area contributed by atoms with E-state index < -0.39 is 11.8 Å². The molecule has 0 aromatic heterocycles. The molecule has 4 rings (SSSR count). The molecule has 0 unspecified atom stereocenters. The molecule has 30 heavy (non-hydrogen) atoms. The number of phenolic OH excluding ortho intramolecular Hbond substituents is 1. The molecule has 0 aliphatic carbocycles. The molecule has 0 radical (unpaired) electrons. The highest BCUT2D eigenvalue weighted by Gasteiger charge is 2.34. The molecule has 0 atom stereocenters. The predicted octanol–water partition coefficient (Wildman–Crippen LogP) is 4.02. The van der Waals surface area contributed by atoms with Gasteiger partial charge in [-0.1, -0.05) is 30.3 Å². The lowest BCUT2D eigenvalue weighted by Crippen LogP contribution is -2.54. The Bertz CT molecular complexity index is 1140. The van der Waals surface area contributed by atoms with Gasteiger partial charge in [-0.3, -0.25) is 19.8 Å². The summed E-state index contributed by atoms with van der Waals surface area (Å²) in [5.74, 6) is 0.287. The number of hydrogen-bond donors (Lipinski definition) is 2. The van der Waals surface area contributed by atoms with Crippen molar-refractivity contribution < 1.29 is 19.4 Å². The van der Waals surface area contributed by atoms with E-state index in [2.05, 4.69) is 5.32 Å². The minimum atomic E-state index is -0.571. The largest absolute Gasteiger partial charge is 0.508 e. The number of nitrogens with zero attached hydrogens (tertiary/aromatic N) is 1. The van der Waals surface area contributed by atoms with E-state index in [1.807, 2.05) is 30.3 Å². The van der Waals surface area contributed by atoms with Crippen LogP contribution in [0.5, 0.6) is 17.2 Å². The zero-order chi connectivity index (χ0) is 21.1. The van der Waals surface area contributed by atoms with Crippen molar-refractivity contribution in [2.24, 2.45) is 0 Å². The fourth-order valence-corrected chi connectivity index (χ4v) is 3.20. The highest BCUT2D eigenvalue weighted by atomic mass is 32.1. The molecule has 2 N–H and O–H groups in total. The molecule has 0 spiro atoms. The SMILES string of the molecule is O=C1NC(=S)N(c2ccc(Oc3ccccc3)cc2)C(=O)/C1=C/c1ccc(O)cc1. The first-order valence-corrected chi connectivity index (χ1v) is 9.45. The van der Waals surface area contributed by atoms with Gasteiger partial charge in [0.25, 0.3) is 11.8 Å². The molecule has 3 aromatic carbocycles. The summed E-state index contributed by atoms with van der Waals surface area (Å²) < 4.78 is 5.76. The first kappa shape index (κ1) is 19.4. The molecule has 1 aliphatic rings. The Hall–Kier alpha value is -3.97. The summed E-state index contributed by atoms with van der Waals surface area (Å²) in [6.07, 6.45) is 1.46. The Morgan fingerprint density at radius 1 is 0.867 bits per heavy atom. The van der Waals surface area contributed by atoms with Crippen molar-refractivity contribution >= 4 is 40.9 Å². The lowest BCUT2D eigenvalue weighted by atomic mass is 10.1. The van der Waals surface area contributed by atoms with Gasteiger partial charge in [-0.05, 0) is 72.4 Å². The first-order chi connectivity index (χ1) is 14.5. The Labute approximate surface area is 178 Å². The van der Waals surface area contributed by atoms with Crippen molar-refractivity contribution in [1.82, 2.24) is 5.32 Å². The molecule has 1 fully saturated rings. The normalized spacial score (nSPS) is 15.3. The van der Waals surface area contributed by atoms with Gasteiger partial charge >= 0.3 is 0 Å². The van der Waals surface area contributed by atoms with Crippen LogP contribution in [0.1, 0.15) is 5.56 Å². The molecular formula is C23H16N2O4S. The fourth-order valence-electron chi connectivity index (χ4n) is 2.92. The highest BCUT2D eigenvalue weighted by Crippen LogP contribution is 2.27. The average Bonchev–Trinajstić information content (AvgIpc) is 2.74. The molecule has 1 saturated heterocycles. The topological polar surface area (TPSA) is 78.9 Å². The van der Waals surface area contributed by atoms with E-state index in [0.717, 1.165) is 0 Å². The molecule has 2 amide bonds. The van der Waals surface area contributed by atoms with Crippen LogP contribution in [0.3, 0.4) is 0 Å². The van der Waals surface area contributed by atoms with E-state index in [1.54, 1.807) is 36.4 Å². The number of benzene rings is 3. The maximum absolute atomic E-state index is 13.0. The molecule has 7 heteroatoms. The van der Waals surface area contributed by atoms with Crippen molar-refractivity contribution in [3.8, 4) is 17.2 Å². The van der Waals surface area contributed by atoms with Gasteiger partial charge in [0.05, 0.1) is 5.69 Å². The number of anilines is 1. The Balaban J connectivity index is 1.59. The van der Waals surface area contributed by atoms with Crippen LogP contribution in [0.25, 0.3) is 6.08 Å². The second kappa shape index (κ2) is 8.18. The van der Waals surface area contributed by atoms with Gasteiger partial charge < -0.3 is 9.84 Å². The lowest BCUT2D eigenvalue weighted by Gasteiger charge is -2.29. The first-order valence-electron chi connectivity index (χ1n) is 9.05. The van der Waals surface area contributed by atoms with Gasteiger partial charge in [-0.15, -0.1) is 0 Å². The maximum Gasteiger partial charge on any atom is 0.270 e. The van der Waals surface area contributed by atoms with Crippen molar-refractivity contribution in [2.45, 2.75) is 0 Å². The Morgan fingerprint density at radius 2 is 1.50 bits per heavy atom. The van der Waals surface area contributed by atoms with E-state index >= 15 is 0 Å². The van der Waals surface area contributed by atoms with E-state index in [-0.39, 0.29) is 16.4 Å². The van der Waals surface area contributed by atoms with E-state index in [4.69, 9.17) is 17.0 Å². The van der Waals surface area contributed by atoms with E-state index in [1.165, 1.54) is 23.1 Å². The van der Waals surface area contributed by atoms with Crippen molar-refractivity contribution in [3.05, 3.63) is 90.0 Å². The number of rotatable bonds is 4. The quantitative estimate of drug-likeness (QED) is 0.382. The van der Waals surface area contributed by atoms with Crippen LogP contribution < -0.4 is 15.0 Å². The van der Waals surface area contributed by atoms with Crippen LogP contribution in [-0.2, 0) is 9.59 Å². The minimum absolute atomic E-state index is 0.00424. The number of carbonyl (C=O) groups is 2. The van der Waals surface area contributed by atoms with Crippen LogP contribution >= 0.6 is 12.2 Å². The van der Waals surface area contributed by atoms with Gasteiger partial charge in [0.15, 0.2) is 5.11 Å². The summed E-state index contributed by atoms with van der Waals surface area (Å²) in [4.78, 5) is 26.6. The molecule has 3 aromatic rings.